The van der Waals surface area contributed by atoms with Crippen molar-refractivity contribution in [1.29, 1.82) is 0 Å². The Morgan fingerprint density at radius 3 is 2.69 bits per heavy atom. The summed E-state index contributed by atoms with van der Waals surface area (Å²) in [6.07, 6.45) is 7.58. The number of fused-ring (bicyclic) bond motifs is 3. The van der Waals surface area contributed by atoms with Crippen LogP contribution < -0.4 is 0 Å². The summed E-state index contributed by atoms with van der Waals surface area (Å²) in [5.41, 5.74) is 5.32. The van der Waals surface area contributed by atoms with Crippen LogP contribution in [-0.2, 0) is 6.42 Å². The van der Waals surface area contributed by atoms with Crippen molar-refractivity contribution in [3.05, 3.63) is 85.8 Å². The largest absolute Gasteiger partial charge is 0.292 e. The minimum atomic E-state index is -0.317. The highest BCUT2D eigenvalue weighted by Crippen LogP contribution is 2.45. The first-order chi connectivity index (χ1) is 14.1. The fourth-order valence-electron chi connectivity index (χ4n) is 4.70. The topological polar surface area (TPSA) is 68.4 Å². The number of hydrogen-bond donors (Lipinski definition) is 0. The summed E-state index contributed by atoms with van der Waals surface area (Å²) in [7, 11) is 0. The lowest BCUT2D eigenvalue weighted by Gasteiger charge is -2.20. The van der Waals surface area contributed by atoms with Crippen LogP contribution in [-0.4, -0.2) is 15.6 Å². The Labute approximate surface area is 177 Å². The minimum Gasteiger partial charge on any atom is -0.258 e. The molecule has 0 bridgehead atoms. The molecule has 3 aliphatic rings. The lowest BCUT2D eigenvalue weighted by Crippen LogP contribution is -2.23. The van der Waals surface area contributed by atoms with E-state index >= 15 is 0 Å². The maximum absolute atomic E-state index is 11.8. The normalized spacial score (nSPS) is 20.9. The molecule has 29 heavy (non-hydrogen) atoms. The molecule has 5 rings (SSSR count). The van der Waals surface area contributed by atoms with Gasteiger partial charge in [-0.1, -0.05) is 43.2 Å². The molecule has 2 aliphatic carbocycles. The Kier molecular flexibility index (Phi) is 4.66. The van der Waals surface area contributed by atoms with Gasteiger partial charge in [0.05, 0.1) is 26.4 Å². The molecule has 1 aromatic carbocycles. The Balaban J connectivity index is 1.52. The highest BCUT2D eigenvalue weighted by Gasteiger charge is 2.39. The average molecular weight is 450 g/mol. The zero-order valence-electron chi connectivity index (χ0n) is 15.8. The molecule has 1 unspecified atom stereocenters. The molecule has 1 aliphatic heterocycles. The number of aliphatic imine (C=N–C) groups is 1. The van der Waals surface area contributed by atoms with Gasteiger partial charge in [-0.2, -0.15) is 0 Å². The third-order valence-corrected chi connectivity index (χ3v) is 6.69. The van der Waals surface area contributed by atoms with Gasteiger partial charge >= 0.3 is 0 Å². The summed E-state index contributed by atoms with van der Waals surface area (Å²) in [6.45, 7) is 0. The van der Waals surface area contributed by atoms with E-state index in [2.05, 4.69) is 34.1 Å². The number of halogens is 1. The molecule has 2 heterocycles. The number of para-hydroxylation sites is 1. The molecule has 2 aromatic rings. The predicted octanol–water partition coefficient (Wildman–Crippen LogP) is 5.96. The van der Waals surface area contributed by atoms with Gasteiger partial charge in [-0.25, -0.2) is 0 Å². The van der Waals surface area contributed by atoms with E-state index in [1.807, 2.05) is 30.3 Å². The number of pyridine rings is 1. The summed E-state index contributed by atoms with van der Waals surface area (Å²) in [5.74, 6) is 0.509. The van der Waals surface area contributed by atoms with Crippen molar-refractivity contribution in [2.24, 2.45) is 10.9 Å². The summed E-state index contributed by atoms with van der Waals surface area (Å²) < 4.78 is 0.519. The van der Waals surface area contributed by atoms with E-state index < -0.39 is 0 Å². The first-order valence-corrected chi connectivity index (χ1v) is 10.8. The van der Waals surface area contributed by atoms with Crippen LogP contribution in [0.4, 0.5) is 5.69 Å². The number of benzene rings is 1. The first-order valence-electron chi connectivity index (χ1n) is 10.0. The van der Waals surface area contributed by atoms with Crippen molar-refractivity contribution >= 4 is 32.9 Å². The van der Waals surface area contributed by atoms with Crippen LogP contribution in [0.3, 0.4) is 0 Å². The molecule has 146 valence electrons. The second-order valence-corrected chi connectivity index (χ2v) is 8.71. The van der Waals surface area contributed by atoms with E-state index in [0.29, 0.717) is 22.4 Å². The van der Waals surface area contributed by atoms with Gasteiger partial charge in [0.1, 0.15) is 0 Å². The maximum Gasteiger partial charge on any atom is 0.292 e. The van der Waals surface area contributed by atoms with Gasteiger partial charge < -0.3 is 0 Å². The van der Waals surface area contributed by atoms with Crippen LogP contribution in [0.5, 0.6) is 0 Å². The zero-order valence-corrected chi connectivity index (χ0v) is 17.4. The molecule has 0 amide bonds. The van der Waals surface area contributed by atoms with Gasteiger partial charge in [0.25, 0.3) is 5.70 Å². The van der Waals surface area contributed by atoms with E-state index in [-0.39, 0.29) is 16.5 Å². The van der Waals surface area contributed by atoms with E-state index in [1.54, 1.807) is 0 Å². The van der Waals surface area contributed by atoms with E-state index in [0.717, 1.165) is 22.7 Å². The quantitative estimate of drug-likeness (QED) is 0.426. The van der Waals surface area contributed by atoms with Gasteiger partial charge in [0.2, 0.25) is 0 Å². The molecule has 0 N–H and O–H groups in total. The Bertz CT molecular complexity index is 1100. The molecular weight excluding hydrogens is 430 g/mol. The zero-order chi connectivity index (χ0) is 20.0. The van der Waals surface area contributed by atoms with Crippen molar-refractivity contribution in [3.63, 3.8) is 0 Å². The van der Waals surface area contributed by atoms with E-state index in [1.165, 1.54) is 31.4 Å². The molecule has 0 radical (unpaired) electrons. The number of allylic oxidation sites excluding steroid dienone is 3. The molecule has 6 heteroatoms. The second kappa shape index (κ2) is 7.34. The Morgan fingerprint density at radius 1 is 1.10 bits per heavy atom. The first kappa shape index (κ1) is 18.4. The average Bonchev–Trinajstić information content (AvgIpc) is 3.36. The molecule has 0 spiro atoms. The van der Waals surface area contributed by atoms with Crippen LogP contribution >= 0.6 is 15.9 Å². The Hall–Kier alpha value is -2.60. The highest BCUT2D eigenvalue weighted by atomic mass is 79.9. The lowest BCUT2D eigenvalue weighted by atomic mass is 9.85. The molecule has 1 aromatic heterocycles. The third-order valence-electron chi connectivity index (χ3n) is 6.05. The van der Waals surface area contributed by atoms with Gasteiger partial charge in [-0.05, 0) is 47.0 Å². The van der Waals surface area contributed by atoms with E-state index in [4.69, 9.17) is 9.98 Å². The van der Waals surface area contributed by atoms with Crippen LogP contribution in [0.15, 0.2) is 63.7 Å². The minimum absolute atomic E-state index is 0.0539. The summed E-state index contributed by atoms with van der Waals surface area (Å²) >= 11 is 3.45. The fourth-order valence-corrected chi connectivity index (χ4v) is 5.36. The van der Waals surface area contributed by atoms with Crippen molar-refractivity contribution in [2.45, 2.75) is 38.0 Å². The van der Waals surface area contributed by atoms with Crippen LogP contribution in [0.2, 0.25) is 0 Å². The number of nitrogens with zero attached hydrogens (tertiary/aromatic N) is 3. The van der Waals surface area contributed by atoms with Crippen molar-refractivity contribution < 1.29 is 4.92 Å². The fraction of sp³-hybridized carbons (Fsp3) is 0.304. The number of hydrogen-bond acceptors (Lipinski definition) is 4. The molecule has 1 fully saturated rings. The predicted molar refractivity (Wildman–Crippen MR) is 117 cm³/mol. The van der Waals surface area contributed by atoms with Crippen LogP contribution in [0.25, 0.3) is 5.57 Å². The maximum atomic E-state index is 11.8. The van der Waals surface area contributed by atoms with Crippen molar-refractivity contribution in [2.75, 3.05) is 0 Å². The van der Waals surface area contributed by atoms with E-state index in [9.17, 15) is 10.1 Å². The summed E-state index contributed by atoms with van der Waals surface area (Å²) in [6, 6.07) is 13.9. The molecule has 1 atom stereocenters. The standard InChI is InChI=1S/C23H20BrN3O2/c24-18-13-15(12-16-8-5-11-19(25-16)14-6-1-2-7-14)22-21(23(18)27(28)29)17-9-3-4-10-20(17)26-22/h3-5,8-11,13-15H,1-2,6-7,12H2. The molecule has 0 saturated heterocycles. The smallest absolute Gasteiger partial charge is 0.258 e. The van der Waals surface area contributed by atoms with Crippen molar-refractivity contribution in [3.8, 4) is 0 Å². The lowest BCUT2D eigenvalue weighted by molar-refractivity contribution is -0.418. The highest BCUT2D eigenvalue weighted by molar-refractivity contribution is 9.12. The van der Waals surface area contributed by atoms with Gasteiger partial charge in [0.15, 0.2) is 0 Å². The third kappa shape index (κ3) is 3.25. The summed E-state index contributed by atoms with van der Waals surface area (Å²) in [5, 5.41) is 11.8. The number of aromatic nitrogens is 1. The number of nitro groups is 1. The Morgan fingerprint density at radius 2 is 1.90 bits per heavy atom. The molecule has 5 nitrogen and oxygen atoms in total. The van der Waals surface area contributed by atoms with Gasteiger partial charge in [-0.15, -0.1) is 0 Å². The van der Waals surface area contributed by atoms with Gasteiger partial charge in [0, 0.05) is 35.2 Å². The van der Waals surface area contributed by atoms with Gasteiger partial charge in [-0.3, -0.25) is 20.1 Å². The van der Waals surface area contributed by atoms with Crippen LogP contribution in [0.1, 0.15) is 48.6 Å². The molecular formula is C23H20BrN3O2. The van der Waals surface area contributed by atoms with Crippen molar-refractivity contribution in [1.82, 2.24) is 4.98 Å². The SMILES string of the molecule is O=[N+]([O-])C1=C2C(=Nc3ccccc32)C(Cc2cccc(C3CCCC3)n2)C=C1Br. The van der Waals surface area contributed by atoms with Crippen LogP contribution in [0, 0.1) is 16.0 Å². The second-order valence-electron chi connectivity index (χ2n) is 7.86. The molecule has 1 saturated carbocycles. The summed E-state index contributed by atoms with van der Waals surface area (Å²) in [4.78, 5) is 21.2. The number of rotatable bonds is 4. The monoisotopic (exact) mass is 449 g/mol.